The molecule has 9 heteroatoms. The highest BCUT2D eigenvalue weighted by molar-refractivity contribution is 7.87. The van der Waals surface area contributed by atoms with Crippen LogP contribution in [0.15, 0.2) is 0 Å². The summed E-state index contributed by atoms with van der Waals surface area (Å²) in [7, 11) is -2.28. The maximum absolute atomic E-state index is 11.6. The first kappa shape index (κ1) is 16.8. The predicted octanol–water partition coefficient (Wildman–Crippen LogP) is -1.25. The van der Waals surface area contributed by atoms with Crippen LogP contribution in [0.5, 0.6) is 0 Å². The van der Waals surface area contributed by atoms with Crippen LogP contribution in [-0.4, -0.2) is 56.4 Å². The van der Waals surface area contributed by atoms with Crippen LogP contribution in [-0.2, 0) is 19.8 Å². The Bertz CT molecular complexity index is 382. The average molecular weight is 281 g/mol. The number of rotatable bonds is 9. The lowest BCUT2D eigenvalue weighted by molar-refractivity contribution is -0.137. The van der Waals surface area contributed by atoms with E-state index in [0.717, 1.165) is 17.1 Å². The molecule has 0 atom stereocenters. The third-order valence-corrected chi connectivity index (χ3v) is 3.60. The van der Waals surface area contributed by atoms with E-state index in [1.54, 1.807) is 0 Å². The Labute approximate surface area is 107 Å². The summed E-state index contributed by atoms with van der Waals surface area (Å²) < 4.78 is 26.4. The van der Waals surface area contributed by atoms with Crippen LogP contribution < -0.4 is 10.0 Å². The van der Waals surface area contributed by atoms with Crippen molar-refractivity contribution in [3.05, 3.63) is 0 Å². The van der Waals surface area contributed by atoms with Gasteiger partial charge in [0.15, 0.2) is 0 Å². The molecule has 0 saturated heterocycles. The largest absolute Gasteiger partial charge is 0.480 e. The summed E-state index contributed by atoms with van der Waals surface area (Å²) in [5.74, 6) is -1.88. The number of carbonyl (C=O) groups is 2. The van der Waals surface area contributed by atoms with E-state index >= 15 is 0 Å². The summed E-state index contributed by atoms with van der Waals surface area (Å²) in [4.78, 5) is 21.3. The highest BCUT2D eigenvalue weighted by atomic mass is 32.2. The van der Waals surface area contributed by atoms with Crippen molar-refractivity contribution in [3.63, 3.8) is 0 Å². The molecule has 0 rings (SSSR count). The van der Waals surface area contributed by atoms with E-state index in [4.69, 9.17) is 5.11 Å². The molecule has 0 unspecified atom stereocenters. The molecule has 0 bridgehead atoms. The monoisotopic (exact) mass is 281 g/mol. The molecule has 0 aromatic heterocycles. The van der Waals surface area contributed by atoms with Gasteiger partial charge < -0.3 is 10.4 Å². The van der Waals surface area contributed by atoms with E-state index in [2.05, 4.69) is 10.0 Å². The molecule has 3 N–H and O–H groups in total. The van der Waals surface area contributed by atoms with E-state index in [1.165, 1.54) is 7.05 Å². The van der Waals surface area contributed by atoms with Crippen LogP contribution in [0.1, 0.15) is 19.8 Å². The summed E-state index contributed by atoms with van der Waals surface area (Å²) >= 11 is 0. The second kappa shape index (κ2) is 8.01. The number of unbranched alkanes of at least 4 members (excludes halogenated alkanes) is 1. The summed E-state index contributed by atoms with van der Waals surface area (Å²) in [5.41, 5.74) is 0. The Kier molecular flexibility index (Phi) is 7.48. The van der Waals surface area contributed by atoms with Gasteiger partial charge >= 0.3 is 5.97 Å². The van der Waals surface area contributed by atoms with Gasteiger partial charge in [0.2, 0.25) is 5.91 Å². The summed E-state index contributed by atoms with van der Waals surface area (Å²) in [5, 5.41) is 10.4. The molecule has 0 spiro atoms. The molecule has 1 amide bonds. The van der Waals surface area contributed by atoms with Crippen LogP contribution in [0, 0.1) is 0 Å². The molecule has 18 heavy (non-hydrogen) atoms. The van der Waals surface area contributed by atoms with Gasteiger partial charge in [0.25, 0.3) is 10.2 Å². The number of carboxylic acids is 1. The maximum atomic E-state index is 11.6. The van der Waals surface area contributed by atoms with E-state index in [-0.39, 0.29) is 0 Å². The Morgan fingerprint density at radius 3 is 2.39 bits per heavy atom. The van der Waals surface area contributed by atoms with Crippen molar-refractivity contribution in [2.45, 2.75) is 19.8 Å². The average Bonchev–Trinajstić information content (AvgIpc) is 2.30. The second-order valence-corrected chi connectivity index (χ2v) is 5.53. The molecule has 0 aliphatic carbocycles. The highest BCUT2D eigenvalue weighted by Crippen LogP contribution is 1.97. The first-order chi connectivity index (χ1) is 8.29. The third-order valence-electron chi connectivity index (χ3n) is 2.09. The predicted molar refractivity (Wildman–Crippen MR) is 65.1 cm³/mol. The lowest BCUT2D eigenvalue weighted by Gasteiger charge is -2.16. The molecule has 0 heterocycles. The molecule has 0 aliphatic rings. The van der Waals surface area contributed by atoms with Crippen molar-refractivity contribution >= 4 is 22.1 Å². The molecule has 0 fully saturated rings. The molecule has 0 saturated carbocycles. The van der Waals surface area contributed by atoms with Crippen molar-refractivity contribution in [2.24, 2.45) is 0 Å². The zero-order valence-corrected chi connectivity index (χ0v) is 11.3. The summed E-state index contributed by atoms with van der Waals surface area (Å²) in [6.07, 6.45) is 1.58. The first-order valence-corrected chi connectivity index (χ1v) is 6.93. The van der Waals surface area contributed by atoms with Gasteiger partial charge in [0.1, 0.15) is 6.54 Å². The van der Waals surface area contributed by atoms with Gasteiger partial charge in [-0.3, -0.25) is 9.59 Å². The van der Waals surface area contributed by atoms with Crippen LogP contribution in [0.2, 0.25) is 0 Å². The molecule has 0 radical (unpaired) electrons. The van der Waals surface area contributed by atoms with Gasteiger partial charge in [-0.2, -0.15) is 17.4 Å². The molecule has 0 aliphatic heterocycles. The normalized spacial score (nSPS) is 11.5. The molecule has 106 valence electrons. The maximum Gasteiger partial charge on any atom is 0.322 e. The van der Waals surface area contributed by atoms with Gasteiger partial charge in [0, 0.05) is 13.6 Å². The minimum absolute atomic E-state index is 0.364. The van der Waals surface area contributed by atoms with Gasteiger partial charge in [-0.05, 0) is 6.42 Å². The van der Waals surface area contributed by atoms with Crippen LogP contribution >= 0.6 is 0 Å². The van der Waals surface area contributed by atoms with E-state index in [1.807, 2.05) is 6.92 Å². The number of carbonyl (C=O) groups excluding carboxylic acids is 1. The Hall–Kier alpha value is -1.19. The minimum Gasteiger partial charge on any atom is -0.480 e. The van der Waals surface area contributed by atoms with Crippen LogP contribution in [0.4, 0.5) is 0 Å². The topological polar surface area (TPSA) is 116 Å². The zero-order chi connectivity index (χ0) is 14.2. The number of carboxylic acid groups (broad SMARTS) is 1. The lowest BCUT2D eigenvalue weighted by atomic mass is 10.3. The Morgan fingerprint density at radius 2 is 1.89 bits per heavy atom. The fraction of sp³-hybridized carbons (Fsp3) is 0.778. The quantitative estimate of drug-likeness (QED) is 0.488. The van der Waals surface area contributed by atoms with Crippen LogP contribution in [0.25, 0.3) is 0 Å². The van der Waals surface area contributed by atoms with Gasteiger partial charge in [0.05, 0.1) is 6.54 Å². The zero-order valence-electron chi connectivity index (χ0n) is 10.5. The van der Waals surface area contributed by atoms with Crippen molar-refractivity contribution in [3.8, 4) is 0 Å². The van der Waals surface area contributed by atoms with Crippen molar-refractivity contribution in [1.29, 1.82) is 0 Å². The number of hydrogen-bond donors (Lipinski definition) is 3. The summed E-state index contributed by atoms with van der Waals surface area (Å²) in [6, 6.07) is 0. The molecular weight excluding hydrogens is 262 g/mol. The highest BCUT2D eigenvalue weighted by Gasteiger charge is 2.17. The number of nitrogens with one attached hydrogen (secondary N) is 2. The lowest BCUT2D eigenvalue weighted by Crippen LogP contribution is -2.44. The van der Waals surface area contributed by atoms with E-state index in [9.17, 15) is 18.0 Å². The number of aliphatic carboxylic acids is 1. The minimum atomic E-state index is -3.69. The smallest absolute Gasteiger partial charge is 0.322 e. The molecule has 0 aromatic carbocycles. The van der Waals surface area contributed by atoms with Crippen LogP contribution in [0.3, 0.4) is 0 Å². The number of amides is 1. The Morgan fingerprint density at radius 1 is 1.28 bits per heavy atom. The second-order valence-electron chi connectivity index (χ2n) is 3.67. The van der Waals surface area contributed by atoms with Gasteiger partial charge in [-0.15, -0.1) is 0 Å². The Balaban J connectivity index is 4.10. The van der Waals surface area contributed by atoms with Gasteiger partial charge in [-0.1, -0.05) is 13.3 Å². The number of nitrogens with zero attached hydrogens (tertiary/aromatic N) is 1. The standard InChI is InChI=1S/C9H19N3O5S/c1-3-4-5-12(2)18(16,17)11-6-8(13)10-7-9(14)15/h11H,3-7H2,1-2H3,(H,10,13)(H,14,15). The SMILES string of the molecule is CCCCN(C)S(=O)(=O)NCC(=O)NCC(=O)O. The number of hydrogen-bond acceptors (Lipinski definition) is 4. The van der Waals surface area contributed by atoms with E-state index in [0.29, 0.717) is 6.54 Å². The van der Waals surface area contributed by atoms with E-state index < -0.39 is 35.2 Å². The fourth-order valence-electron chi connectivity index (χ4n) is 1.00. The summed E-state index contributed by atoms with van der Waals surface area (Å²) in [6.45, 7) is 1.29. The van der Waals surface area contributed by atoms with Crippen molar-refractivity contribution in [2.75, 3.05) is 26.7 Å². The fourth-order valence-corrected chi connectivity index (χ4v) is 1.91. The van der Waals surface area contributed by atoms with Crippen molar-refractivity contribution in [1.82, 2.24) is 14.3 Å². The molecule has 0 aromatic rings. The molecular formula is C9H19N3O5S. The first-order valence-electron chi connectivity index (χ1n) is 5.49. The van der Waals surface area contributed by atoms with Gasteiger partial charge in [-0.25, -0.2) is 0 Å². The molecule has 8 nitrogen and oxygen atoms in total. The third kappa shape index (κ3) is 7.20. The van der Waals surface area contributed by atoms with Crippen molar-refractivity contribution < 1.29 is 23.1 Å².